The molecular weight excluding hydrogens is 198 g/mol. The summed E-state index contributed by atoms with van der Waals surface area (Å²) < 4.78 is 5.76. The van der Waals surface area contributed by atoms with Crippen molar-refractivity contribution >= 4 is 0 Å². The fraction of sp³-hybridized carbons (Fsp3) is 1.00. The van der Waals surface area contributed by atoms with Gasteiger partial charge in [0.1, 0.15) is 0 Å². The van der Waals surface area contributed by atoms with Gasteiger partial charge in [-0.15, -0.1) is 0 Å². The van der Waals surface area contributed by atoms with Crippen LogP contribution in [0.4, 0.5) is 0 Å². The molecule has 0 bridgehead atoms. The van der Waals surface area contributed by atoms with E-state index in [0.717, 1.165) is 18.4 Å². The first-order chi connectivity index (χ1) is 7.68. The number of hydrogen-bond acceptors (Lipinski definition) is 2. The quantitative estimate of drug-likeness (QED) is 0.797. The molecule has 1 saturated carbocycles. The molecule has 2 rings (SSSR count). The van der Waals surface area contributed by atoms with Gasteiger partial charge in [-0.25, -0.2) is 0 Å². The maximum absolute atomic E-state index is 5.76. The van der Waals surface area contributed by atoms with Crippen LogP contribution in [-0.4, -0.2) is 24.8 Å². The molecule has 16 heavy (non-hydrogen) atoms. The second-order valence-corrected chi connectivity index (χ2v) is 5.88. The van der Waals surface area contributed by atoms with Gasteiger partial charge in [0.15, 0.2) is 0 Å². The van der Waals surface area contributed by atoms with Crippen molar-refractivity contribution in [3.05, 3.63) is 0 Å². The standard InChI is InChI=1S/C14H27NO/c1-10-6-4-7-13(11(10)2)15-12(3)14-8-5-9-16-14/h10-15H,4-9H2,1-3H3. The molecule has 0 radical (unpaired) electrons. The molecule has 2 heteroatoms. The Morgan fingerprint density at radius 3 is 2.62 bits per heavy atom. The lowest BCUT2D eigenvalue weighted by Gasteiger charge is -2.37. The third-order valence-corrected chi connectivity index (χ3v) is 4.71. The molecule has 1 heterocycles. The summed E-state index contributed by atoms with van der Waals surface area (Å²) in [4.78, 5) is 0. The highest BCUT2D eigenvalue weighted by Gasteiger charge is 2.30. The van der Waals surface area contributed by atoms with Gasteiger partial charge in [0.2, 0.25) is 0 Å². The van der Waals surface area contributed by atoms with Gasteiger partial charge in [-0.3, -0.25) is 0 Å². The molecule has 1 saturated heterocycles. The van der Waals surface area contributed by atoms with Crippen molar-refractivity contribution in [1.29, 1.82) is 0 Å². The Balaban J connectivity index is 1.83. The Bertz CT molecular complexity index is 213. The van der Waals surface area contributed by atoms with Crippen LogP contribution in [0.3, 0.4) is 0 Å². The Morgan fingerprint density at radius 1 is 1.12 bits per heavy atom. The summed E-state index contributed by atoms with van der Waals surface area (Å²) in [5, 5.41) is 3.82. The van der Waals surface area contributed by atoms with E-state index in [4.69, 9.17) is 4.74 Å². The Hall–Kier alpha value is -0.0800. The molecule has 5 atom stereocenters. The molecule has 0 amide bonds. The molecule has 0 aromatic carbocycles. The van der Waals surface area contributed by atoms with Crippen LogP contribution in [0.1, 0.15) is 52.9 Å². The van der Waals surface area contributed by atoms with E-state index >= 15 is 0 Å². The number of rotatable bonds is 3. The van der Waals surface area contributed by atoms with Gasteiger partial charge in [-0.05, 0) is 38.0 Å². The maximum atomic E-state index is 5.76. The molecule has 1 aliphatic carbocycles. The summed E-state index contributed by atoms with van der Waals surface area (Å²) in [7, 11) is 0. The Morgan fingerprint density at radius 2 is 1.94 bits per heavy atom. The molecule has 94 valence electrons. The minimum absolute atomic E-state index is 0.462. The maximum Gasteiger partial charge on any atom is 0.0726 e. The zero-order valence-corrected chi connectivity index (χ0v) is 11.0. The van der Waals surface area contributed by atoms with E-state index in [2.05, 4.69) is 26.1 Å². The van der Waals surface area contributed by atoms with E-state index in [9.17, 15) is 0 Å². The molecule has 0 spiro atoms. The van der Waals surface area contributed by atoms with Crippen LogP contribution in [0.2, 0.25) is 0 Å². The van der Waals surface area contributed by atoms with Crippen molar-refractivity contribution < 1.29 is 4.74 Å². The van der Waals surface area contributed by atoms with Crippen molar-refractivity contribution in [2.45, 2.75) is 71.1 Å². The van der Waals surface area contributed by atoms with E-state index in [-0.39, 0.29) is 0 Å². The Labute approximate surface area is 100 Å². The number of ether oxygens (including phenoxy) is 1. The lowest BCUT2D eigenvalue weighted by molar-refractivity contribution is 0.0697. The average Bonchev–Trinajstić information content (AvgIpc) is 2.78. The largest absolute Gasteiger partial charge is 0.377 e. The van der Waals surface area contributed by atoms with E-state index in [1.54, 1.807) is 0 Å². The minimum Gasteiger partial charge on any atom is -0.377 e. The SMILES string of the molecule is CC1CCCC(NC(C)C2CCCO2)C1C. The molecule has 2 fully saturated rings. The van der Waals surface area contributed by atoms with Gasteiger partial charge in [0.05, 0.1) is 6.10 Å². The summed E-state index contributed by atoms with van der Waals surface area (Å²) in [6.45, 7) is 8.06. The minimum atomic E-state index is 0.462. The van der Waals surface area contributed by atoms with Crippen molar-refractivity contribution in [1.82, 2.24) is 5.32 Å². The zero-order chi connectivity index (χ0) is 11.5. The van der Waals surface area contributed by atoms with Crippen molar-refractivity contribution in [3.8, 4) is 0 Å². The monoisotopic (exact) mass is 225 g/mol. The smallest absolute Gasteiger partial charge is 0.0726 e. The molecule has 5 unspecified atom stereocenters. The second-order valence-electron chi connectivity index (χ2n) is 5.88. The molecule has 2 nitrogen and oxygen atoms in total. The van der Waals surface area contributed by atoms with Gasteiger partial charge in [0.25, 0.3) is 0 Å². The lowest BCUT2D eigenvalue weighted by Crippen LogP contribution is -2.48. The molecule has 1 N–H and O–H groups in total. The molecule has 0 aromatic rings. The normalized spacial score (nSPS) is 42.2. The summed E-state index contributed by atoms with van der Waals surface area (Å²) in [6, 6.07) is 1.24. The van der Waals surface area contributed by atoms with Crippen LogP contribution in [0, 0.1) is 11.8 Å². The molecular formula is C14H27NO. The fourth-order valence-electron chi connectivity index (χ4n) is 3.26. The third kappa shape index (κ3) is 2.78. The predicted octanol–water partition coefficient (Wildman–Crippen LogP) is 2.97. The van der Waals surface area contributed by atoms with Crippen LogP contribution >= 0.6 is 0 Å². The zero-order valence-electron chi connectivity index (χ0n) is 11.0. The first-order valence-electron chi connectivity index (χ1n) is 7.06. The average molecular weight is 225 g/mol. The van der Waals surface area contributed by atoms with Gasteiger partial charge in [0, 0.05) is 18.7 Å². The summed E-state index contributed by atoms with van der Waals surface area (Å²) >= 11 is 0. The molecule has 1 aliphatic heterocycles. The predicted molar refractivity (Wildman–Crippen MR) is 67.5 cm³/mol. The highest BCUT2D eigenvalue weighted by atomic mass is 16.5. The van der Waals surface area contributed by atoms with Crippen LogP contribution in [0.15, 0.2) is 0 Å². The number of nitrogens with one attached hydrogen (secondary N) is 1. The van der Waals surface area contributed by atoms with Crippen molar-refractivity contribution in [2.75, 3.05) is 6.61 Å². The highest BCUT2D eigenvalue weighted by molar-refractivity contribution is 4.87. The molecule has 0 aromatic heterocycles. The lowest BCUT2D eigenvalue weighted by atomic mass is 9.77. The number of hydrogen-bond donors (Lipinski definition) is 1. The summed E-state index contributed by atoms with van der Waals surface area (Å²) in [5.74, 6) is 1.69. The van der Waals surface area contributed by atoms with Crippen LogP contribution < -0.4 is 5.32 Å². The topological polar surface area (TPSA) is 21.3 Å². The highest BCUT2D eigenvalue weighted by Crippen LogP contribution is 2.30. The Kier molecular flexibility index (Phi) is 4.26. The van der Waals surface area contributed by atoms with Crippen molar-refractivity contribution in [3.63, 3.8) is 0 Å². The van der Waals surface area contributed by atoms with Gasteiger partial charge in [-0.1, -0.05) is 26.7 Å². The van der Waals surface area contributed by atoms with Gasteiger partial charge in [-0.2, -0.15) is 0 Å². The fourth-order valence-corrected chi connectivity index (χ4v) is 3.26. The molecule has 2 aliphatic rings. The van der Waals surface area contributed by atoms with Crippen LogP contribution in [0.25, 0.3) is 0 Å². The van der Waals surface area contributed by atoms with Gasteiger partial charge >= 0.3 is 0 Å². The first-order valence-corrected chi connectivity index (χ1v) is 7.06. The summed E-state index contributed by atoms with van der Waals surface area (Å²) in [6.07, 6.45) is 7.10. The van der Waals surface area contributed by atoms with E-state index in [1.165, 1.54) is 32.1 Å². The van der Waals surface area contributed by atoms with Crippen LogP contribution in [0.5, 0.6) is 0 Å². The first kappa shape index (κ1) is 12.4. The van der Waals surface area contributed by atoms with E-state index in [0.29, 0.717) is 18.2 Å². The van der Waals surface area contributed by atoms with Gasteiger partial charge < -0.3 is 10.1 Å². The summed E-state index contributed by atoms with van der Waals surface area (Å²) in [5.41, 5.74) is 0. The van der Waals surface area contributed by atoms with E-state index < -0.39 is 0 Å². The van der Waals surface area contributed by atoms with Crippen molar-refractivity contribution in [2.24, 2.45) is 11.8 Å². The third-order valence-electron chi connectivity index (χ3n) is 4.71. The second kappa shape index (κ2) is 5.50. The van der Waals surface area contributed by atoms with E-state index in [1.807, 2.05) is 0 Å². The van der Waals surface area contributed by atoms with Crippen LogP contribution in [-0.2, 0) is 4.74 Å².